The van der Waals surface area contributed by atoms with Crippen LogP contribution >= 0.6 is 0 Å². The summed E-state index contributed by atoms with van der Waals surface area (Å²) in [6.07, 6.45) is -0.943. The molecule has 0 fully saturated rings. The molecule has 1 unspecified atom stereocenters. The van der Waals surface area contributed by atoms with Gasteiger partial charge in [-0.15, -0.1) is 0 Å². The molecule has 3 rings (SSSR count). The second kappa shape index (κ2) is 5.54. The van der Waals surface area contributed by atoms with Gasteiger partial charge < -0.3 is 9.84 Å². The zero-order valence-corrected chi connectivity index (χ0v) is 11.6. The summed E-state index contributed by atoms with van der Waals surface area (Å²) in [4.78, 5) is 0. The number of aliphatic hydroxyl groups excluding tert-OH is 1. The molecule has 21 heavy (non-hydrogen) atoms. The summed E-state index contributed by atoms with van der Waals surface area (Å²) in [5.74, 6) is 0.219. The van der Waals surface area contributed by atoms with Crippen molar-refractivity contribution in [3.63, 3.8) is 0 Å². The van der Waals surface area contributed by atoms with Gasteiger partial charge >= 0.3 is 0 Å². The van der Waals surface area contributed by atoms with Crippen molar-refractivity contribution in [3.05, 3.63) is 77.6 Å². The van der Waals surface area contributed by atoms with E-state index in [1.54, 1.807) is 19.2 Å². The van der Waals surface area contributed by atoms with Crippen LogP contribution in [0.2, 0.25) is 0 Å². The Bertz CT molecular complexity index is 783. The maximum absolute atomic E-state index is 13.4. The molecule has 0 radical (unpaired) electrons. The van der Waals surface area contributed by atoms with E-state index in [1.165, 1.54) is 12.1 Å². The smallest absolute Gasteiger partial charge is 0.125 e. The minimum Gasteiger partial charge on any atom is -0.496 e. The number of methoxy groups -OCH3 is 1. The molecule has 106 valence electrons. The lowest BCUT2D eigenvalue weighted by Crippen LogP contribution is -2.04. The molecule has 0 saturated carbocycles. The molecule has 1 atom stereocenters. The number of benzene rings is 3. The third kappa shape index (κ3) is 2.48. The first-order valence-corrected chi connectivity index (χ1v) is 6.70. The largest absolute Gasteiger partial charge is 0.496 e. The Balaban J connectivity index is 2.22. The molecule has 0 bridgehead atoms. The van der Waals surface area contributed by atoms with Gasteiger partial charge in [-0.1, -0.05) is 42.5 Å². The van der Waals surface area contributed by atoms with E-state index in [1.807, 2.05) is 36.4 Å². The third-order valence-corrected chi connectivity index (χ3v) is 3.59. The highest BCUT2D eigenvalue weighted by molar-refractivity contribution is 5.88. The van der Waals surface area contributed by atoms with E-state index in [-0.39, 0.29) is 5.82 Å². The van der Waals surface area contributed by atoms with E-state index in [9.17, 15) is 9.50 Å². The Kier molecular flexibility index (Phi) is 3.59. The Morgan fingerprint density at radius 1 is 1.00 bits per heavy atom. The highest BCUT2D eigenvalue weighted by atomic mass is 19.1. The predicted molar refractivity (Wildman–Crippen MR) is 81.0 cm³/mol. The number of ether oxygens (including phenoxy) is 1. The fraction of sp³-hybridized carbons (Fsp3) is 0.111. The Labute approximate surface area is 122 Å². The molecule has 0 aliphatic rings. The first-order valence-electron chi connectivity index (χ1n) is 6.70. The van der Waals surface area contributed by atoms with Crippen LogP contribution < -0.4 is 4.74 Å². The van der Waals surface area contributed by atoms with Crippen LogP contribution in [-0.2, 0) is 0 Å². The fourth-order valence-corrected chi connectivity index (χ4v) is 2.58. The lowest BCUT2D eigenvalue weighted by molar-refractivity contribution is 0.216. The summed E-state index contributed by atoms with van der Waals surface area (Å²) >= 11 is 0. The van der Waals surface area contributed by atoms with Crippen LogP contribution in [0, 0.1) is 5.82 Å². The van der Waals surface area contributed by atoms with Crippen molar-refractivity contribution in [2.75, 3.05) is 7.11 Å². The summed E-state index contributed by atoms with van der Waals surface area (Å²) in [5, 5.41) is 12.6. The maximum atomic E-state index is 13.4. The first kappa shape index (κ1) is 13.6. The Hall–Kier alpha value is -2.39. The molecular formula is C18H15FO2. The van der Waals surface area contributed by atoms with Gasteiger partial charge in [0.05, 0.1) is 7.11 Å². The summed E-state index contributed by atoms with van der Waals surface area (Å²) < 4.78 is 18.8. The Morgan fingerprint density at radius 3 is 2.57 bits per heavy atom. The van der Waals surface area contributed by atoms with Crippen molar-refractivity contribution in [2.45, 2.75) is 6.10 Å². The van der Waals surface area contributed by atoms with Crippen LogP contribution in [0.25, 0.3) is 10.8 Å². The number of aliphatic hydroxyl groups is 1. The van der Waals surface area contributed by atoms with Gasteiger partial charge in [-0.2, -0.15) is 0 Å². The quantitative estimate of drug-likeness (QED) is 0.784. The normalized spacial score (nSPS) is 12.3. The van der Waals surface area contributed by atoms with Gasteiger partial charge in [-0.3, -0.25) is 0 Å². The predicted octanol–water partition coefficient (Wildman–Crippen LogP) is 4.07. The number of hydrogen-bond acceptors (Lipinski definition) is 2. The lowest BCUT2D eigenvalue weighted by Gasteiger charge is -2.18. The van der Waals surface area contributed by atoms with E-state index in [2.05, 4.69) is 0 Å². The Morgan fingerprint density at radius 2 is 1.81 bits per heavy atom. The molecule has 0 aliphatic heterocycles. The summed E-state index contributed by atoms with van der Waals surface area (Å²) in [6.45, 7) is 0. The van der Waals surface area contributed by atoms with Crippen molar-refractivity contribution in [1.29, 1.82) is 0 Å². The molecule has 1 N–H and O–H groups in total. The molecule has 0 amide bonds. The molecule has 3 aromatic rings. The van der Waals surface area contributed by atoms with Gasteiger partial charge in [0.1, 0.15) is 17.7 Å². The highest BCUT2D eigenvalue weighted by Gasteiger charge is 2.19. The average molecular weight is 282 g/mol. The third-order valence-electron chi connectivity index (χ3n) is 3.59. The number of halogens is 1. The molecular weight excluding hydrogens is 267 g/mol. The molecule has 0 aliphatic carbocycles. The summed E-state index contributed by atoms with van der Waals surface area (Å²) in [6, 6.07) is 17.5. The van der Waals surface area contributed by atoms with Gasteiger partial charge in [0.25, 0.3) is 0 Å². The van der Waals surface area contributed by atoms with Gasteiger partial charge in [0, 0.05) is 5.56 Å². The van der Waals surface area contributed by atoms with Crippen molar-refractivity contribution < 1.29 is 14.2 Å². The molecule has 3 aromatic carbocycles. The van der Waals surface area contributed by atoms with E-state index in [0.29, 0.717) is 16.9 Å². The summed E-state index contributed by atoms with van der Waals surface area (Å²) in [5.41, 5.74) is 1.16. The molecule has 0 spiro atoms. The standard InChI is InChI=1S/C18H15FO2/c1-21-16-10-9-12-5-2-3-8-15(12)17(16)18(20)13-6-4-7-14(19)11-13/h2-11,18,20H,1H3. The average Bonchev–Trinajstić information content (AvgIpc) is 2.53. The van der Waals surface area contributed by atoms with Gasteiger partial charge in [-0.25, -0.2) is 4.39 Å². The van der Waals surface area contributed by atoms with Crippen LogP contribution in [0.15, 0.2) is 60.7 Å². The minimum atomic E-state index is -0.943. The molecule has 2 nitrogen and oxygen atoms in total. The van der Waals surface area contributed by atoms with Crippen LogP contribution in [-0.4, -0.2) is 12.2 Å². The monoisotopic (exact) mass is 282 g/mol. The SMILES string of the molecule is COc1ccc2ccccc2c1C(O)c1cccc(F)c1. The van der Waals surface area contributed by atoms with Gasteiger partial charge in [0.15, 0.2) is 0 Å². The number of hydrogen-bond donors (Lipinski definition) is 1. The van der Waals surface area contributed by atoms with Gasteiger partial charge in [0.2, 0.25) is 0 Å². The number of fused-ring (bicyclic) bond motifs is 1. The van der Waals surface area contributed by atoms with Gasteiger partial charge in [-0.05, 0) is 34.5 Å². The van der Waals surface area contributed by atoms with Crippen molar-refractivity contribution in [2.24, 2.45) is 0 Å². The molecule has 0 aromatic heterocycles. The van der Waals surface area contributed by atoms with E-state index in [4.69, 9.17) is 4.74 Å². The zero-order chi connectivity index (χ0) is 14.8. The fourth-order valence-electron chi connectivity index (χ4n) is 2.58. The van der Waals surface area contributed by atoms with E-state index in [0.717, 1.165) is 10.8 Å². The molecule has 0 saturated heterocycles. The highest BCUT2D eigenvalue weighted by Crippen LogP contribution is 2.36. The van der Waals surface area contributed by atoms with E-state index < -0.39 is 6.10 Å². The van der Waals surface area contributed by atoms with Crippen LogP contribution in [0.3, 0.4) is 0 Å². The first-order chi connectivity index (χ1) is 10.2. The second-order valence-electron chi connectivity index (χ2n) is 4.86. The molecule has 0 heterocycles. The van der Waals surface area contributed by atoms with Crippen molar-refractivity contribution in [1.82, 2.24) is 0 Å². The lowest BCUT2D eigenvalue weighted by atomic mass is 9.95. The van der Waals surface area contributed by atoms with Crippen LogP contribution in [0.5, 0.6) is 5.75 Å². The van der Waals surface area contributed by atoms with Crippen molar-refractivity contribution >= 4 is 10.8 Å². The second-order valence-corrected chi connectivity index (χ2v) is 4.86. The summed E-state index contributed by atoms with van der Waals surface area (Å²) in [7, 11) is 1.56. The van der Waals surface area contributed by atoms with Crippen LogP contribution in [0.1, 0.15) is 17.2 Å². The van der Waals surface area contributed by atoms with Crippen LogP contribution in [0.4, 0.5) is 4.39 Å². The minimum absolute atomic E-state index is 0.370. The van der Waals surface area contributed by atoms with E-state index >= 15 is 0 Å². The zero-order valence-electron chi connectivity index (χ0n) is 11.6. The molecule has 3 heteroatoms. The maximum Gasteiger partial charge on any atom is 0.125 e. The number of rotatable bonds is 3. The van der Waals surface area contributed by atoms with Crippen molar-refractivity contribution in [3.8, 4) is 5.75 Å². The topological polar surface area (TPSA) is 29.5 Å².